The number of nitrogens with one attached hydrogen (secondary N) is 3. The van der Waals surface area contributed by atoms with Crippen molar-refractivity contribution < 1.29 is 19.1 Å². The topological polar surface area (TPSA) is 96.5 Å². The maximum atomic E-state index is 13.4. The smallest absolute Gasteiger partial charge is 0.247 e. The largest absolute Gasteiger partial charge is 0.487 e. The van der Waals surface area contributed by atoms with E-state index in [9.17, 15) is 14.4 Å². The fraction of sp³-hybridized carbons (Fsp3) is 0.500. The van der Waals surface area contributed by atoms with Crippen molar-refractivity contribution in [2.75, 3.05) is 0 Å². The van der Waals surface area contributed by atoms with Crippen LogP contribution in [-0.4, -0.2) is 35.9 Å². The van der Waals surface area contributed by atoms with E-state index in [1.54, 1.807) is 30.5 Å². The van der Waals surface area contributed by atoms with E-state index < -0.39 is 24.1 Å². The quantitative estimate of drug-likeness (QED) is 0.573. The van der Waals surface area contributed by atoms with E-state index in [0.29, 0.717) is 12.2 Å². The van der Waals surface area contributed by atoms with Crippen LogP contribution in [0.5, 0.6) is 5.75 Å². The Bertz CT molecular complexity index is 872. The van der Waals surface area contributed by atoms with Gasteiger partial charge in [0.15, 0.2) is 0 Å². The summed E-state index contributed by atoms with van der Waals surface area (Å²) in [6.07, 6.45) is 6.36. The third-order valence-electron chi connectivity index (χ3n) is 5.19. The van der Waals surface area contributed by atoms with E-state index in [0.717, 1.165) is 5.56 Å². The molecule has 0 fully saturated rings. The Kier molecular flexibility index (Phi) is 9.70. The summed E-state index contributed by atoms with van der Waals surface area (Å²) < 4.78 is 6.20. The van der Waals surface area contributed by atoms with Crippen LogP contribution in [0.3, 0.4) is 0 Å². The molecule has 0 spiro atoms. The van der Waals surface area contributed by atoms with Gasteiger partial charge >= 0.3 is 0 Å². The van der Waals surface area contributed by atoms with Crippen molar-refractivity contribution in [3.8, 4) is 5.75 Å². The summed E-state index contributed by atoms with van der Waals surface area (Å²) in [5, 5.41) is 8.41. The maximum absolute atomic E-state index is 13.4. The fourth-order valence-corrected chi connectivity index (χ4v) is 3.47. The van der Waals surface area contributed by atoms with Crippen LogP contribution in [-0.2, 0) is 14.4 Å². The van der Waals surface area contributed by atoms with Crippen molar-refractivity contribution >= 4 is 23.8 Å². The van der Waals surface area contributed by atoms with Crippen molar-refractivity contribution in [2.45, 2.75) is 66.2 Å². The molecule has 3 atom stereocenters. The van der Waals surface area contributed by atoms with Crippen LogP contribution in [0.25, 0.3) is 6.08 Å². The van der Waals surface area contributed by atoms with Crippen LogP contribution in [0.2, 0.25) is 0 Å². The lowest BCUT2D eigenvalue weighted by Gasteiger charge is -2.32. The number of ether oxygens (including phenoxy) is 1. The van der Waals surface area contributed by atoms with Crippen molar-refractivity contribution in [2.24, 2.45) is 17.8 Å². The Morgan fingerprint density at radius 3 is 2.30 bits per heavy atom. The minimum atomic E-state index is -0.991. The Labute approximate surface area is 197 Å². The van der Waals surface area contributed by atoms with Crippen LogP contribution in [0, 0.1) is 17.8 Å². The zero-order valence-corrected chi connectivity index (χ0v) is 20.4. The zero-order chi connectivity index (χ0) is 24.5. The molecule has 3 unspecified atom stereocenters. The van der Waals surface area contributed by atoms with Gasteiger partial charge in [0.1, 0.15) is 23.9 Å². The molecule has 2 bridgehead atoms. The van der Waals surface area contributed by atoms with E-state index >= 15 is 0 Å². The van der Waals surface area contributed by atoms with E-state index in [1.165, 1.54) is 6.08 Å². The van der Waals surface area contributed by atoms with Crippen molar-refractivity contribution in [1.82, 2.24) is 16.0 Å². The summed E-state index contributed by atoms with van der Waals surface area (Å²) in [6, 6.07) is 5.61. The fourth-order valence-electron chi connectivity index (χ4n) is 3.47. The molecule has 2 aliphatic rings. The minimum absolute atomic E-state index is 0.0972. The van der Waals surface area contributed by atoms with Gasteiger partial charge in [-0.25, -0.2) is 0 Å². The van der Waals surface area contributed by atoms with Crippen LogP contribution in [0.1, 0.15) is 53.5 Å². The van der Waals surface area contributed by atoms with Crippen molar-refractivity contribution in [3.05, 3.63) is 48.2 Å². The van der Waals surface area contributed by atoms with Gasteiger partial charge in [-0.05, 0) is 54.0 Å². The number of allylic oxidation sites excluding steroid dienone is 1. The molecule has 180 valence electrons. The number of rotatable bonds is 6. The lowest BCUT2D eigenvalue weighted by molar-refractivity contribution is -0.133. The van der Waals surface area contributed by atoms with E-state index in [1.807, 2.05) is 53.7 Å². The maximum Gasteiger partial charge on any atom is 0.247 e. The molecule has 0 radical (unpaired) electrons. The highest BCUT2D eigenvalue weighted by atomic mass is 16.5. The summed E-state index contributed by atoms with van der Waals surface area (Å²) in [5.74, 6) is -0.295. The molecule has 7 nitrogen and oxygen atoms in total. The number of benzene rings is 1. The zero-order valence-electron chi connectivity index (χ0n) is 20.4. The number of carbonyl (C=O) groups is 3. The Hall–Kier alpha value is -3.09. The predicted molar refractivity (Wildman–Crippen MR) is 130 cm³/mol. The standard InChI is InChI=1S/C26H37N3O4/c1-16(2)7-12-22(30)29-23-24(18(5)6)33-20-10-8-19(9-11-20)13-14-27-25(31)21(15-17(3)4)28-26(23)32/h7-14,16-18,21,23-24H,15H2,1-6H3,(H,27,31)(H,28,32)(H,29,30). The van der Waals surface area contributed by atoms with Gasteiger partial charge in [0.25, 0.3) is 0 Å². The van der Waals surface area contributed by atoms with E-state index in [4.69, 9.17) is 4.74 Å². The molecule has 3 amide bonds. The lowest BCUT2D eigenvalue weighted by atomic mass is 9.96. The third kappa shape index (κ3) is 8.40. The summed E-state index contributed by atoms with van der Waals surface area (Å²) >= 11 is 0. The van der Waals surface area contributed by atoms with Gasteiger partial charge in [-0.2, -0.15) is 0 Å². The van der Waals surface area contributed by atoms with Crippen molar-refractivity contribution in [3.63, 3.8) is 0 Å². The first kappa shape index (κ1) is 26.2. The highest BCUT2D eigenvalue weighted by molar-refractivity contribution is 5.95. The number of amides is 3. The Morgan fingerprint density at radius 1 is 1.06 bits per heavy atom. The second kappa shape index (κ2) is 12.2. The molecule has 3 rings (SSSR count). The monoisotopic (exact) mass is 455 g/mol. The average molecular weight is 456 g/mol. The first-order valence-corrected chi connectivity index (χ1v) is 11.6. The number of carbonyl (C=O) groups excluding carboxylic acids is 3. The third-order valence-corrected chi connectivity index (χ3v) is 5.19. The molecule has 7 heteroatoms. The molecular formula is C26H37N3O4. The van der Waals surface area contributed by atoms with Crippen LogP contribution in [0.15, 0.2) is 42.6 Å². The number of hydrogen-bond donors (Lipinski definition) is 3. The summed E-state index contributed by atoms with van der Waals surface area (Å²) in [7, 11) is 0. The molecule has 2 heterocycles. The van der Waals surface area contributed by atoms with Crippen LogP contribution < -0.4 is 20.7 Å². The number of fused-ring (bicyclic) bond motifs is 10. The normalized spacial score (nSPS) is 21.8. The molecule has 2 aliphatic heterocycles. The molecular weight excluding hydrogens is 418 g/mol. The molecule has 1 aromatic rings. The van der Waals surface area contributed by atoms with Gasteiger partial charge in [0.05, 0.1) is 0 Å². The van der Waals surface area contributed by atoms with Gasteiger partial charge in [0, 0.05) is 6.20 Å². The van der Waals surface area contributed by atoms with Crippen LogP contribution in [0.4, 0.5) is 0 Å². The second-order valence-corrected chi connectivity index (χ2v) is 9.52. The molecule has 3 N–H and O–H groups in total. The molecule has 0 aromatic heterocycles. The number of hydrogen-bond acceptors (Lipinski definition) is 4. The minimum Gasteiger partial charge on any atom is -0.487 e. The first-order valence-electron chi connectivity index (χ1n) is 11.6. The average Bonchev–Trinajstić information content (AvgIpc) is 2.74. The highest BCUT2D eigenvalue weighted by Gasteiger charge is 2.36. The van der Waals surface area contributed by atoms with Gasteiger partial charge in [-0.15, -0.1) is 0 Å². The Morgan fingerprint density at radius 2 is 1.73 bits per heavy atom. The molecule has 33 heavy (non-hydrogen) atoms. The molecule has 0 aliphatic carbocycles. The predicted octanol–water partition coefficient (Wildman–Crippen LogP) is 3.42. The summed E-state index contributed by atoms with van der Waals surface area (Å²) in [4.78, 5) is 38.9. The first-order chi connectivity index (χ1) is 15.6. The van der Waals surface area contributed by atoms with Crippen molar-refractivity contribution in [1.29, 1.82) is 0 Å². The lowest BCUT2D eigenvalue weighted by Crippen LogP contribution is -2.59. The van der Waals surface area contributed by atoms with Gasteiger partial charge in [0.2, 0.25) is 17.7 Å². The SMILES string of the molecule is CC(C)C=CC(=O)NC1C(=O)NC(CC(C)C)C(=O)NC=Cc2ccc(cc2)OC1C(C)C. The molecule has 1 aromatic carbocycles. The van der Waals surface area contributed by atoms with E-state index in [2.05, 4.69) is 16.0 Å². The van der Waals surface area contributed by atoms with Gasteiger partial charge < -0.3 is 20.7 Å². The van der Waals surface area contributed by atoms with Gasteiger partial charge in [-0.3, -0.25) is 14.4 Å². The Balaban J connectivity index is 2.46. The summed E-state index contributed by atoms with van der Waals surface area (Å²) in [6.45, 7) is 11.8. The molecule has 0 saturated carbocycles. The van der Waals surface area contributed by atoms with E-state index in [-0.39, 0.29) is 29.6 Å². The second-order valence-electron chi connectivity index (χ2n) is 9.52. The molecule has 0 saturated heterocycles. The highest BCUT2D eigenvalue weighted by Crippen LogP contribution is 2.21. The summed E-state index contributed by atoms with van der Waals surface area (Å²) in [5.41, 5.74) is 0.897. The van der Waals surface area contributed by atoms with Crippen LogP contribution >= 0.6 is 0 Å². The van der Waals surface area contributed by atoms with Gasteiger partial charge in [-0.1, -0.05) is 59.8 Å².